The fraction of sp³-hybridized carbons (Fsp3) is 0.474. The number of rotatable bonds is 5. The molecule has 2 aromatic rings. The highest BCUT2D eigenvalue weighted by molar-refractivity contribution is 7.14. The topological polar surface area (TPSA) is 54.5 Å². The second-order valence-corrected chi connectivity index (χ2v) is 7.43. The van der Waals surface area contributed by atoms with Gasteiger partial charge in [0.1, 0.15) is 6.79 Å². The molecule has 0 bridgehead atoms. The standard InChI is InChI=1S/C18H21F2N3OS.CH2O.H2/c19-15-2-1-12(9-16(15)20)17-11-25-18(22-17)21-10-14-3-6-23(14)13-4-7-24-8-5-13;1-2;/h1-2,9,11,13-14H,3-8,10H2,(H,21,22);1H2;1H/t14-;;/m0../s1. The molecule has 3 heterocycles. The van der Waals surface area contributed by atoms with Crippen LogP contribution in [-0.4, -0.2) is 55.1 Å². The molecule has 1 atom stereocenters. The highest BCUT2D eigenvalue weighted by atomic mass is 32.1. The molecule has 0 saturated carbocycles. The number of ether oxygens (including phenoxy) is 1. The number of benzene rings is 1. The summed E-state index contributed by atoms with van der Waals surface area (Å²) in [4.78, 5) is 15.1. The maximum atomic E-state index is 13.4. The van der Waals surface area contributed by atoms with E-state index in [1.807, 2.05) is 12.2 Å². The van der Waals surface area contributed by atoms with Crippen LogP contribution in [0.2, 0.25) is 0 Å². The Balaban J connectivity index is 0.000000906. The fourth-order valence-corrected chi connectivity index (χ4v) is 4.26. The van der Waals surface area contributed by atoms with Crippen LogP contribution in [0.1, 0.15) is 20.7 Å². The molecular weight excluding hydrogens is 372 g/mol. The number of nitrogens with one attached hydrogen (secondary N) is 1. The lowest BCUT2D eigenvalue weighted by molar-refractivity contribution is -0.0979. The highest BCUT2D eigenvalue weighted by Gasteiger charge is 2.34. The van der Waals surface area contributed by atoms with Crippen LogP contribution in [0.4, 0.5) is 13.9 Å². The summed E-state index contributed by atoms with van der Waals surface area (Å²) in [6, 6.07) is 5.06. The van der Waals surface area contributed by atoms with Crippen LogP contribution in [0.3, 0.4) is 0 Å². The van der Waals surface area contributed by atoms with Gasteiger partial charge in [0.15, 0.2) is 16.8 Å². The molecule has 4 rings (SSSR count). The van der Waals surface area contributed by atoms with Gasteiger partial charge in [0.25, 0.3) is 0 Å². The van der Waals surface area contributed by atoms with Crippen molar-refractivity contribution in [2.75, 3.05) is 31.6 Å². The molecule has 1 aromatic heterocycles. The van der Waals surface area contributed by atoms with Crippen LogP contribution >= 0.6 is 11.3 Å². The molecular formula is C19H25F2N3O2S. The van der Waals surface area contributed by atoms with E-state index in [2.05, 4.69) is 15.2 Å². The number of thiazole rings is 1. The van der Waals surface area contributed by atoms with Gasteiger partial charge >= 0.3 is 0 Å². The third-order valence-corrected chi connectivity index (χ3v) is 5.86. The quantitative estimate of drug-likeness (QED) is 0.831. The lowest BCUT2D eigenvalue weighted by Crippen LogP contribution is -2.57. The molecule has 2 saturated heterocycles. The van der Waals surface area contributed by atoms with Crippen molar-refractivity contribution in [2.24, 2.45) is 0 Å². The van der Waals surface area contributed by atoms with Crippen molar-refractivity contribution in [1.29, 1.82) is 0 Å². The highest BCUT2D eigenvalue weighted by Crippen LogP contribution is 2.29. The van der Waals surface area contributed by atoms with E-state index in [1.165, 1.54) is 23.8 Å². The first-order valence-corrected chi connectivity index (χ1v) is 9.86. The van der Waals surface area contributed by atoms with Crippen LogP contribution in [-0.2, 0) is 9.53 Å². The summed E-state index contributed by atoms with van der Waals surface area (Å²) in [5.74, 6) is -1.68. The second-order valence-electron chi connectivity index (χ2n) is 6.57. The van der Waals surface area contributed by atoms with Gasteiger partial charge in [0.05, 0.1) is 5.69 Å². The summed E-state index contributed by atoms with van der Waals surface area (Å²) < 4.78 is 31.9. The molecule has 0 unspecified atom stereocenters. The van der Waals surface area contributed by atoms with E-state index in [0.29, 0.717) is 23.3 Å². The number of anilines is 1. The van der Waals surface area contributed by atoms with Gasteiger partial charge in [-0.3, -0.25) is 4.90 Å². The lowest BCUT2D eigenvalue weighted by atomic mass is 9.95. The van der Waals surface area contributed by atoms with Crippen molar-refractivity contribution in [3.05, 3.63) is 35.2 Å². The SMILES string of the molecule is C=O.Fc1ccc(-c2csc(NC[C@@H]3CCN3C3CCOCC3)n2)cc1F.[HH]. The summed E-state index contributed by atoms with van der Waals surface area (Å²) in [5, 5.41) is 6.08. The Kier molecular flexibility index (Phi) is 6.87. The Hall–Kier alpha value is -1.90. The minimum Gasteiger partial charge on any atom is -0.381 e. The Morgan fingerprint density at radius 3 is 2.70 bits per heavy atom. The van der Waals surface area contributed by atoms with Crippen molar-refractivity contribution in [3.8, 4) is 11.3 Å². The van der Waals surface area contributed by atoms with Crippen LogP contribution in [0.5, 0.6) is 0 Å². The van der Waals surface area contributed by atoms with Crippen molar-refractivity contribution in [2.45, 2.75) is 31.3 Å². The average molecular weight is 397 g/mol. The largest absolute Gasteiger partial charge is 0.381 e. The van der Waals surface area contributed by atoms with Crippen LogP contribution < -0.4 is 5.32 Å². The number of aromatic nitrogens is 1. The Bertz CT molecular complexity index is 759. The summed E-state index contributed by atoms with van der Waals surface area (Å²) in [6.07, 6.45) is 3.44. The van der Waals surface area contributed by atoms with E-state index >= 15 is 0 Å². The molecule has 8 heteroatoms. The van der Waals surface area contributed by atoms with E-state index in [-0.39, 0.29) is 1.43 Å². The number of likely N-dealkylation sites (tertiary alicyclic amines) is 1. The maximum absolute atomic E-state index is 13.4. The maximum Gasteiger partial charge on any atom is 0.183 e. The molecule has 5 nitrogen and oxygen atoms in total. The molecule has 0 spiro atoms. The van der Waals surface area contributed by atoms with Crippen molar-refractivity contribution >= 4 is 23.3 Å². The minimum absolute atomic E-state index is 0. The number of halogens is 2. The van der Waals surface area contributed by atoms with Gasteiger partial charge in [-0.15, -0.1) is 11.3 Å². The first-order valence-electron chi connectivity index (χ1n) is 8.98. The molecule has 0 aliphatic carbocycles. The average Bonchev–Trinajstić information content (AvgIpc) is 3.15. The second kappa shape index (κ2) is 9.34. The molecule has 1 N–H and O–H groups in total. The van der Waals surface area contributed by atoms with Gasteiger partial charge < -0.3 is 14.8 Å². The Morgan fingerprint density at radius 2 is 2.04 bits per heavy atom. The van der Waals surface area contributed by atoms with Crippen LogP contribution in [0, 0.1) is 11.6 Å². The molecule has 2 fully saturated rings. The van der Waals surface area contributed by atoms with Gasteiger partial charge in [-0.1, -0.05) is 0 Å². The van der Waals surface area contributed by atoms with Gasteiger partial charge in [-0.25, -0.2) is 13.8 Å². The van der Waals surface area contributed by atoms with E-state index in [1.54, 1.807) is 6.07 Å². The number of nitrogens with zero attached hydrogens (tertiary/aromatic N) is 2. The van der Waals surface area contributed by atoms with E-state index in [9.17, 15) is 8.78 Å². The number of carbonyl (C=O) groups excluding carboxylic acids is 1. The summed E-state index contributed by atoms with van der Waals surface area (Å²) in [6.45, 7) is 5.76. The summed E-state index contributed by atoms with van der Waals surface area (Å²) >= 11 is 1.49. The van der Waals surface area contributed by atoms with Crippen LogP contribution in [0.25, 0.3) is 11.3 Å². The van der Waals surface area contributed by atoms with Gasteiger partial charge in [0.2, 0.25) is 0 Å². The Labute approximate surface area is 162 Å². The van der Waals surface area contributed by atoms with Crippen molar-refractivity contribution < 1.29 is 19.7 Å². The van der Waals surface area contributed by atoms with E-state index < -0.39 is 11.6 Å². The summed E-state index contributed by atoms with van der Waals surface area (Å²) in [7, 11) is 0. The molecule has 148 valence electrons. The van der Waals surface area contributed by atoms with Gasteiger partial charge in [0, 0.05) is 50.8 Å². The van der Waals surface area contributed by atoms with Crippen LogP contribution in [0.15, 0.2) is 23.6 Å². The predicted molar refractivity (Wildman–Crippen MR) is 104 cm³/mol. The zero-order valence-electron chi connectivity index (χ0n) is 15.0. The molecule has 27 heavy (non-hydrogen) atoms. The van der Waals surface area contributed by atoms with Crippen molar-refractivity contribution in [1.82, 2.24) is 9.88 Å². The Morgan fingerprint density at radius 1 is 1.26 bits per heavy atom. The first-order chi connectivity index (χ1) is 13.2. The predicted octanol–water partition coefficient (Wildman–Crippen LogP) is 3.81. The normalized spacial score (nSPS) is 20.4. The number of hydrogen-bond acceptors (Lipinski definition) is 6. The molecule has 2 aliphatic heterocycles. The monoisotopic (exact) mass is 397 g/mol. The zero-order valence-corrected chi connectivity index (χ0v) is 15.8. The number of hydrogen-bond donors (Lipinski definition) is 1. The fourth-order valence-electron chi connectivity index (χ4n) is 3.53. The third kappa shape index (κ3) is 4.69. The minimum atomic E-state index is -0.846. The molecule has 2 aliphatic rings. The smallest absolute Gasteiger partial charge is 0.183 e. The number of carbonyl (C=O) groups is 1. The van der Waals surface area contributed by atoms with Gasteiger partial charge in [-0.2, -0.15) is 0 Å². The van der Waals surface area contributed by atoms with E-state index in [4.69, 9.17) is 9.53 Å². The van der Waals surface area contributed by atoms with E-state index in [0.717, 1.165) is 50.3 Å². The molecule has 1 aromatic carbocycles. The van der Waals surface area contributed by atoms with Crippen molar-refractivity contribution in [3.63, 3.8) is 0 Å². The molecule has 0 radical (unpaired) electrons. The zero-order chi connectivity index (χ0) is 19.2. The third-order valence-electron chi connectivity index (χ3n) is 5.06. The molecule has 0 amide bonds. The van der Waals surface area contributed by atoms with Gasteiger partial charge in [-0.05, 0) is 37.5 Å². The lowest BCUT2D eigenvalue weighted by Gasteiger charge is -2.47. The first kappa shape index (κ1) is 19.9. The summed E-state index contributed by atoms with van der Waals surface area (Å²) in [5.41, 5.74) is 1.26.